The van der Waals surface area contributed by atoms with Crippen LogP contribution in [-0.4, -0.2) is 0 Å². The molecule has 0 saturated heterocycles. The molecule has 0 aliphatic rings. The first-order valence-corrected chi connectivity index (χ1v) is 9.29. The highest BCUT2D eigenvalue weighted by molar-refractivity contribution is 9.10. The van der Waals surface area contributed by atoms with Gasteiger partial charge in [0.25, 0.3) is 0 Å². The molecule has 0 N–H and O–H groups in total. The molecule has 0 atom stereocenters. The summed E-state index contributed by atoms with van der Waals surface area (Å²) in [4.78, 5) is 12.8. The number of hydrogen-bond donors (Lipinski definition) is 0. The molecule has 5 aromatic rings. The minimum atomic E-state index is 0.121. The Hall–Kier alpha value is -2.23. The zero-order chi connectivity index (χ0) is 16.3. The molecule has 0 fully saturated rings. The molecule has 1 heterocycles. The predicted octanol–water partition coefficient (Wildman–Crippen LogP) is 6.48. The summed E-state index contributed by atoms with van der Waals surface area (Å²) >= 11 is 5.21. The normalized spacial score (nSPS) is 11.7. The Morgan fingerprint density at radius 3 is 2.33 bits per heavy atom. The maximum absolute atomic E-state index is 12.8. The van der Waals surface area contributed by atoms with Crippen LogP contribution in [0.4, 0.5) is 0 Å². The quantitative estimate of drug-likeness (QED) is 0.276. The van der Waals surface area contributed by atoms with Crippen molar-refractivity contribution < 1.29 is 0 Å². The second kappa shape index (κ2) is 5.13. The molecular weight excluding hydrogens is 380 g/mol. The maximum Gasteiger partial charge on any atom is 0.195 e. The molecule has 3 heteroatoms. The van der Waals surface area contributed by atoms with Crippen LogP contribution in [0.25, 0.3) is 41.7 Å². The number of benzene rings is 4. The summed E-state index contributed by atoms with van der Waals surface area (Å²) in [5.74, 6) is 0. The number of halogens is 1. The van der Waals surface area contributed by atoms with E-state index >= 15 is 0 Å². The van der Waals surface area contributed by atoms with Crippen molar-refractivity contribution in [3.63, 3.8) is 0 Å². The van der Waals surface area contributed by atoms with Crippen LogP contribution in [0, 0.1) is 0 Å². The van der Waals surface area contributed by atoms with Crippen LogP contribution in [0.3, 0.4) is 0 Å². The van der Waals surface area contributed by atoms with E-state index in [1.165, 1.54) is 16.2 Å². The van der Waals surface area contributed by atoms with E-state index in [2.05, 4.69) is 52.3 Å². The summed E-state index contributed by atoms with van der Waals surface area (Å²) in [5.41, 5.74) is 0.121. The van der Waals surface area contributed by atoms with Crippen LogP contribution in [0.5, 0.6) is 0 Å². The first kappa shape index (κ1) is 14.1. The molecule has 0 aliphatic heterocycles. The lowest BCUT2D eigenvalue weighted by molar-refractivity contribution is 1.73. The highest BCUT2D eigenvalue weighted by Gasteiger charge is 2.08. The predicted molar refractivity (Wildman–Crippen MR) is 108 cm³/mol. The molecule has 0 radical (unpaired) electrons. The average Bonchev–Trinajstić information content (AvgIpc) is 2.59. The Labute approximate surface area is 150 Å². The van der Waals surface area contributed by atoms with Gasteiger partial charge in [0.15, 0.2) is 5.43 Å². The van der Waals surface area contributed by atoms with Crippen LogP contribution in [0.1, 0.15) is 0 Å². The van der Waals surface area contributed by atoms with Gasteiger partial charge in [-0.1, -0.05) is 34.1 Å². The van der Waals surface area contributed by atoms with Gasteiger partial charge in [0, 0.05) is 24.6 Å². The summed E-state index contributed by atoms with van der Waals surface area (Å²) in [5, 5.41) is 6.26. The van der Waals surface area contributed by atoms with Crippen molar-refractivity contribution in [1.29, 1.82) is 0 Å². The van der Waals surface area contributed by atoms with E-state index in [0.29, 0.717) is 0 Å². The van der Waals surface area contributed by atoms with Crippen molar-refractivity contribution in [3.8, 4) is 0 Å². The summed E-state index contributed by atoms with van der Waals surface area (Å²) in [6, 6.07) is 22.7. The number of hydrogen-bond acceptors (Lipinski definition) is 2. The van der Waals surface area contributed by atoms with Gasteiger partial charge in [-0.05, 0) is 70.1 Å². The third kappa shape index (κ3) is 2.09. The van der Waals surface area contributed by atoms with Gasteiger partial charge in [0.1, 0.15) is 0 Å². The van der Waals surface area contributed by atoms with Gasteiger partial charge in [-0.2, -0.15) is 0 Å². The molecule has 0 aliphatic carbocycles. The zero-order valence-electron chi connectivity index (χ0n) is 12.5. The second-order valence-electron chi connectivity index (χ2n) is 5.97. The van der Waals surface area contributed by atoms with Crippen molar-refractivity contribution in [2.45, 2.75) is 0 Å². The van der Waals surface area contributed by atoms with Gasteiger partial charge in [0.05, 0.1) is 0 Å². The summed E-state index contributed by atoms with van der Waals surface area (Å²) in [6.07, 6.45) is 0. The molecule has 114 valence electrons. The largest absolute Gasteiger partial charge is 0.289 e. The zero-order valence-corrected chi connectivity index (χ0v) is 14.9. The maximum atomic E-state index is 12.8. The molecule has 0 amide bonds. The van der Waals surface area contributed by atoms with Gasteiger partial charge in [-0.15, -0.1) is 11.3 Å². The van der Waals surface area contributed by atoms with Gasteiger partial charge in [-0.3, -0.25) is 4.79 Å². The van der Waals surface area contributed by atoms with Crippen LogP contribution < -0.4 is 5.43 Å². The topological polar surface area (TPSA) is 17.1 Å². The smallest absolute Gasteiger partial charge is 0.195 e. The SMILES string of the molecule is O=c1c2ccccc2sc2cc3cc4ccc(Br)cc4cc3cc12. The van der Waals surface area contributed by atoms with E-state index in [0.717, 1.165) is 30.0 Å². The fraction of sp³-hybridized carbons (Fsp3) is 0. The van der Waals surface area contributed by atoms with Crippen LogP contribution in [0.15, 0.2) is 76.0 Å². The molecule has 0 unspecified atom stereocenters. The Balaban J connectivity index is 1.96. The Kier molecular flexibility index (Phi) is 3.02. The summed E-state index contributed by atoms with van der Waals surface area (Å²) in [6.45, 7) is 0. The van der Waals surface area contributed by atoms with Crippen LogP contribution in [-0.2, 0) is 0 Å². The van der Waals surface area contributed by atoms with Crippen molar-refractivity contribution in [2.75, 3.05) is 0 Å². The third-order valence-electron chi connectivity index (χ3n) is 4.45. The first-order chi connectivity index (χ1) is 11.7. The highest BCUT2D eigenvalue weighted by atomic mass is 79.9. The first-order valence-electron chi connectivity index (χ1n) is 7.68. The molecule has 0 spiro atoms. The number of fused-ring (bicyclic) bond motifs is 4. The van der Waals surface area contributed by atoms with Crippen molar-refractivity contribution in [1.82, 2.24) is 0 Å². The van der Waals surface area contributed by atoms with E-state index in [1.807, 2.05) is 30.3 Å². The van der Waals surface area contributed by atoms with Crippen LogP contribution >= 0.6 is 27.3 Å². The van der Waals surface area contributed by atoms with E-state index in [-0.39, 0.29) is 5.43 Å². The van der Waals surface area contributed by atoms with Crippen molar-refractivity contribution in [3.05, 3.63) is 81.4 Å². The Morgan fingerprint density at radius 2 is 1.42 bits per heavy atom. The average molecular weight is 391 g/mol. The molecule has 24 heavy (non-hydrogen) atoms. The van der Waals surface area contributed by atoms with Crippen LogP contribution in [0.2, 0.25) is 0 Å². The standard InChI is InChI=1S/C21H11BrOS/c22-16-6-5-12-7-15-11-20-18(10-14(15)8-13(12)9-16)21(23)17-3-1-2-4-19(17)24-20/h1-11H. The second-order valence-corrected chi connectivity index (χ2v) is 7.97. The van der Waals surface area contributed by atoms with E-state index in [1.54, 1.807) is 11.3 Å². The molecule has 5 rings (SSSR count). The van der Waals surface area contributed by atoms with Crippen molar-refractivity contribution >= 4 is 69.0 Å². The molecule has 0 bridgehead atoms. The summed E-state index contributed by atoms with van der Waals surface area (Å²) < 4.78 is 3.15. The molecular formula is C21H11BrOS. The molecule has 1 nitrogen and oxygen atoms in total. The molecule has 4 aromatic carbocycles. The van der Waals surface area contributed by atoms with Gasteiger partial charge in [-0.25, -0.2) is 0 Å². The lowest BCUT2D eigenvalue weighted by Crippen LogP contribution is -2.00. The minimum Gasteiger partial charge on any atom is -0.289 e. The summed E-state index contributed by atoms with van der Waals surface area (Å²) in [7, 11) is 0. The Morgan fingerprint density at radius 1 is 0.667 bits per heavy atom. The Bertz CT molecular complexity index is 1330. The van der Waals surface area contributed by atoms with E-state index in [4.69, 9.17) is 0 Å². The van der Waals surface area contributed by atoms with Gasteiger partial charge in [0.2, 0.25) is 0 Å². The number of rotatable bonds is 0. The fourth-order valence-corrected chi connectivity index (χ4v) is 4.75. The van der Waals surface area contributed by atoms with Gasteiger partial charge < -0.3 is 0 Å². The molecule has 1 aromatic heterocycles. The lowest BCUT2D eigenvalue weighted by Gasteiger charge is -2.06. The fourth-order valence-electron chi connectivity index (χ4n) is 3.27. The lowest BCUT2D eigenvalue weighted by atomic mass is 10.0. The molecule has 0 saturated carbocycles. The van der Waals surface area contributed by atoms with E-state index < -0.39 is 0 Å². The van der Waals surface area contributed by atoms with Gasteiger partial charge >= 0.3 is 0 Å². The third-order valence-corrected chi connectivity index (χ3v) is 6.08. The highest BCUT2D eigenvalue weighted by Crippen LogP contribution is 2.31. The van der Waals surface area contributed by atoms with E-state index in [9.17, 15) is 4.79 Å². The van der Waals surface area contributed by atoms with Crippen molar-refractivity contribution in [2.24, 2.45) is 0 Å². The minimum absolute atomic E-state index is 0.121. The monoisotopic (exact) mass is 390 g/mol.